The maximum Gasteiger partial charge on any atom is 0.354 e. The van der Waals surface area contributed by atoms with Crippen molar-refractivity contribution in [3.63, 3.8) is 0 Å². The number of carboxylic acid groups (broad SMARTS) is 1. The third-order valence-electron chi connectivity index (χ3n) is 5.98. The van der Waals surface area contributed by atoms with Crippen LogP contribution in [0.5, 0.6) is 5.75 Å². The number of carbonyl (C=O) groups is 1. The Morgan fingerprint density at radius 3 is 2.51 bits per heavy atom. The Hall–Kier alpha value is -3.66. The fourth-order valence-corrected chi connectivity index (χ4v) is 4.25. The summed E-state index contributed by atoms with van der Waals surface area (Å²) in [6.07, 6.45) is 4.24. The molecule has 1 fully saturated rings. The van der Waals surface area contributed by atoms with E-state index < -0.39 is 17.3 Å². The minimum absolute atomic E-state index is 0.00196. The SMILES string of the molecule is CCn1c(=O)nc(NC2CCC(Oc3ccnc(C(=O)O)c3)CC2)n(Cc2ccc(Cl)cc2)c1=O. The van der Waals surface area contributed by atoms with Crippen LogP contribution in [0, 0.1) is 0 Å². The maximum atomic E-state index is 13.0. The number of benzene rings is 1. The van der Waals surface area contributed by atoms with E-state index in [0.29, 0.717) is 10.8 Å². The highest BCUT2D eigenvalue weighted by molar-refractivity contribution is 6.30. The van der Waals surface area contributed by atoms with Gasteiger partial charge < -0.3 is 15.2 Å². The molecule has 2 heterocycles. The van der Waals surface area contributed by atoms with Crippen LogP contribution in [-0.4, -0.2) is 42.3 Å². The predicted octanol–water partition coefficient (Wildman–Crippen LogP) is 3.02. The van der Waals surface area contributed by atoms with E-state index in [4.69, 9.17) is 21.4 Å². The fraction of sp³-hybridized carbons (Fsp3) is 0.375. The van der Waals surface area contributed by atoms with Crippen molar-refractivity contribution in [2.45, 2.75) is 57.8 Å². The van der Waals surface area contributed by atoms with Gasteiger partial charge in [0.1, 0.15) is 5.75 Å². The molecular formula is C24H26ClN5O5. The van der Waals surface area contributed by atoms with Crippen molar-refractivity contribution in [1.82, 2.24) is 19.1 Å². The number of halogens is 1. The number of ether oxygens (including phenoxy) is 1. The smallest absolute Gasteiger partial charge is 0.354 e. The summed E-state index contributed by atoms with van der Waals surface area (Å²) in [5.74, 6) is -0.398. The molecule has 0 radical (unpaired) electrons. The lowest BCUT2D eigenvalue weighted by molar-refractivity contribution is 0.0689. The topological polar surface area (TPSA) is 128 Å². The number of pyridine rings is 1. The number of hydrogen-bond donors (Lipinski definition) is 2. The van der Waals surface area contributed by atoms with Crippen LogP contribution >= 0.6 is 11.6 Å². The van der Waals surface area contributed by atoms with Gasteiger partial charge in [-0.15, -0.1) is 0 Å². The molecule has 2 aromatic heterocycles. The van der Waals surface area contributed by atoms with Crippen molar-refractivity contribution >= 4 is 23.5 Å². The van der Waals surface area contributed by atoms with E-state index in [1.165, 1.54) is 16.8 Å². The summed E-state index contributed by atoms with van der Waals surface area (Å²) in [4.78, 5) is 44.6. The minimum atomic E-state index is -1.11. The van der Waals surface area contributed by atoms with E-state index in [0.717, 1.165) is 35.8 Å². The van der Waals surface area contributed by atoms with Crippen LogP contribution in [0.25, 0.3) is 0 Å². The van der Waals surface area contributed by atoms with E-state index in [2.05, 4.69) is 15.3 Å². The van der Waals surface area contributed by atoms with Gasteiger partial charge in [-0.2, -0.15) is 4.98 Å². The van der Waals surface area contributed by atoms with Crippen molar-refractivity contribution in [3.8, 4) is 5.75 Å². The Labute approximate surface area is 206 Å². The Morgan fingerprint density at radius 2 is 1.86 bits per heavy atom. The van der Waals surface area contributed by atoms with Gasteiger partial charge in [-0.1, -0.05) is 23.7 Å². The second-order valence-electron chi connectivity index (χ2n) is 8.38. The summed E-state index contributed by atoms with van der Waals surface area (Å²) < 4.78 is 8.54. The highest BCUT2D eigenvalue weighted by atomic mass is 35.5. The third-order valence-corrected chi connectivity index (χ3v) is 6.23. The summed E-state index contributed by atoms with van der Waals surface area (Å²) in [5, 5.41) is 13.0. The van der Waals surface area contributed by atoms with Crippen LogP contribution in [0.2, 0.25) is 5.02 Å². The Balaban J connectivity index is 1.47. The van der Waals surface area contributed by atoms with Gasteiger partial charge >= 0.3 is 17.3 Å². The van der Waals surface area contributed by atoms with Gasteiger partial charge in [-0.25, -0.2) is 23.9 Å². The van der Waals surface area contributed by atoms with E-state index in [1.54, 1.807) is 25.1 Å². The first-order chi connectivity index (χ1) is 16.8. The summed E-state index contributed by atoms with van der Waals surface area (Å²) in [6.45, 7) is 2.21. The van der Waals surface area contributed by atoms with Crippen LogP contribution in [0.3, 0.4) is 0 Å². The van der Waals surface area contributed by atoms with Crippen molar-refractivity contribution in [1.29, 1.82) is 0 Å². The van der Waals surface area contributed by atoms with Gasteiger partial charge in [0.15, 0.2) is 5.69 Å². The Bertz CT molecular complexity index is 1310. The number of aromatic carboxylic acids is 1. The molecule has 1 aliphatic rings. The van der Waals surface area contributed by atoms with Crippen molar-refractivity contribution in [2.24, 2.45) is 0 Å². The standard InChI is InChI=1S/C24H26ClN5O5/c1-2-29-23(33)28-22(30(24(29)34)14-15-3-5-16(25)6-4-15)27-17-7-9-18(10-8-17)35-19-11-12-26-20(13-19)21(31)32/h3-6,11-13,17-18H,2,7-10,14H2,1H3,(H,31,32)(H,27,28,33). The normalized spacial score (nSPS) is 17.7. The molecule has 0 atom stereocenters. The summed E-state index contributed by atoms with van der Waals surface area (Å²) >= 11 is 5.98. The average molecular weight is 500 g/mol. The van der Waals surface area contributed by atoms with Gasteiger partial charge in [0, 0.05) is 29.9 Å². The van der Waals surface area contributed by atoms with Gasteiger partial charge in [0.25, 0.3) is 0 Å². The number of nitrogens with zero attached hydrogens (tertiary/aromatic N) is 4. The molecule has 0 saturated heterocycles. The molecule has 3 aromatic rings. The second-order valence-corrected chi connectivity index (χ2v) is 8.81. The lowest BCUT2D eigenvalue weighted by Gasteiger charge is -2.30. The first kappa shape index (κ1) is 24.5. The molecule has 4 rings (SSSR count). The lowest BCUT2D eigenvalue weighted by Crippen LogP contribution is -2.44. The molecule has 184 valence electrons. The van der Waals surface area contributed by atoms with Crippen molar-refractivity contribution in [2.75, 3.05) is 5.32 Å². The Kier molecular flexibility index (Phi) is 7.50. The number of nitrogens with one attached hydrogen (secondary N) is 1. The Morgan fingerprint density at radius 1 is 1.14 bits per heavy atom. The van der Waals surface area contributed by atoms with Crippen molar-refractivity contribution in [3.05, 3.63) is 79.8 Å². The number of rotatable bonds is 8. The molecule has 0 aliphatic heterocycles. The predicted molar refractivity (Wildman–Crippen MR) is 130 cm³/mol. The van der Waals surface area contributed by atoms with E-state index in [-0.39, 0.29) is 36.9 Å². The molecule has 11 heteroatoms. The molecular weight excluding hydrogens is 474 g/mol. The molecule has 0 bridgehead atoms. The minimum Gasteiger partial charge on any atom is -0.490 e. The zero-order chi connectivity index (χ0) is 24.9. The van der Waals surface area contributed by atoms with Crippen LogP contribution in [0.4, 0.5) is 5.95 Å². The van der Waals surface area contributed by atoms with Gasteiger partial charge in [0.05, 0.1) is 12.6 Å². The molecule has 1 aliphatic carbocycles. The summed E-state index contributed by atoms with van der Waals surface area (Å²) in [5.41, 5.74) is -0.215. The van der Waals surface area contributed by atoms with Gasteiger partial charge in [0.2, 0.25) is 5.95 Å². The first-order valence-electron chi connectivity index (χ1n) is 11.4. The molecule has 0 amide bonds. The summed E-state index contributed by atoms with van der Waals surface area (Å²) in [6, 6.07) is 10.2. The largest absolute Gasteiger partial charge is 0.490 e. The highest BCUT2D eigenvalue weighted by Crippen LogP contribution is 2.26. The number of aromatic nitrogens is 4. The number of carboxylic acids is 1. The van der Waals surface area contributed by atoms with Crippen molar-refractivity contribution < 1.29 is 14.6 Å². The summed E-state index contributed by atoms with van der Waals surface area (Å²) in [7, 11) is 0. The van der Waals surface area contributed by atoms with E-state index >= 15 is 0 Å². The van der Waals surface area contributed by atoms with Gasteiger partial charge in [-0.3, -0.25) is 4.57 Å². The highest BCUT2D eigenvalue weighted by Gasteiger charge is 2.24. The van der Waals surface area contributed by atoms with Crippen LogP contribution in [0.1, 0.15) is 48.7 Å². The third kappa shape index (κ3) is 5.89. The van der Waals surface area contributed by atoms with E-state index in [9.17, 15) is 14.4 Å². The molecule has 0 unspecified atom stereocenters. The quantitative estimate of drug-likeness (QED) is 0.484. The zero-order valence-corrected chi connectivity index (χ0v) is 19.9. The van der Waals surface area contributed by atoms with Crippen LogP contribution in [0.15, 0.2) is 52.2 Å². The second kappa shape index (κ2) is 10.7. The van der Waals surface area contributed by atoms with Crippen LogP contribution < -0.4 is 21.4 Å². The van der Waals surface area contributed by atoms with Gasteiger partial charge in [-0.05, 0) is 56.4 Å². The molecule has 1 aromatic carbocycles. The van der Waals surface area contributed by atoms with E-state index in [1.807, 2.05) is 12.1 Å². The molecule has 35 heavy (non-hydrogen) atoms. The van der Waals surface area contributed by atoms with Crippen LogP contribution in [-0.2, 0) is 13.1 Å². The first-order valence-corrected chi connectivity index (χ1v) is 11.8. The fourth-order valence-electron chi connectivity index (χ4n) is 4.13. The zero-order valence-electron chi connectivity index (χ0n) is 19.2. The number of anilines is 1. The molecule has 10 nitrogen and oxygen atoms in total. The lowest BCUT2D eigenvalue weighted by atomic mass is 9.93. The maximum absolute atomic E-state index is 13.0. The average Bonchev–Trinajstić information content (AvgIpc) is 2.84. The molecule has 0 spiro atoms. The molecule has 2 N–H and O–H groups in total. The number of hydrogen-bond acceptors (Lipinski definition) is 7. The monoisotopic (exact) mass is 499 g/mol. The molecule has 1 saturated carbocycles.